The van der Waals surface area contributed by atoms with Gasteiger partial charge in [-0.25, -0.2) is 0 Å². The highest BCUT2D eigenvalue weighted by Crippen LogP contribution is 2.31. The van der Waals surface area contributed by atoms with Crippen molar-refractivity contribution in [2.75, 3.05) is 7.05 Å². The van der Waals surface area contributed by atoms with Crippen molar-refractivity contribution in [3.8, 4) is 0 Å². The third-order valence-electron chi connectivity index (χ3n) is 1.24. The zero-order valence-corrected chi connectivity index (χ0v) is 7.75. The van der Waals surface area contributed by atoms with E-state index in [2.05, 4.69) is 0 Å². The zero-order chi connectivity index (χ0) is 7.65. The van der Waals surface area contributed by atoms with Crippen molar-refractivity contribution < 1.29 is 0 Å². The topological polar surface area (TPSA) is 55.3 Å². The highest BCUT2D eigenvalue weighted by Gasteiger charge is 2.13. The molecule has 0 spiro atoms. The van der Waals surface area contributed by atoms with Crippen LogP contribution in [0.1, 0.15) is 13.8 Å². The molecule has 4 N–H and O–H groups in total. The van der Waals surface area contributed by atoms with Gasteiger partial charge in [0.2, 0.25) is 0 Å². The Balaban J connectivity index is 4.05. The van der Waals surface area contributed by atoms with E-state index in [1.54, 1.807) is 0 Å². The first kappa shape index (κ1) is 9.53. The van der Waals surface area contributed by atoms with Crippen LogP contribution in [0.15, 0.2) is 0 Å². The highest BCUT2D eigenvalue weighted by molar-refractivity contribution is 8.11. The van der Waals surface area contributed by atoms with E-state index in [9.17, 15) is 0 Å². The number of hydrogen-bond donors (Lipinski definition) is 2. The standard InChI is InChI=1S/C4H14N3PS/c1-4(2)7(3)8(5,6)9/h4H,1-3H3,(H4,5,6,9). The predicted octanol–water partition coefficient (Wildman–Crippen LogP) is 0.469. The summed E-state index contributed by atoms with van der Waals surface area (Å²) in [5, 5.41) is 0. The highest BCUT2D eigenvalue weighted by atomic mass is 32.4. The van der Waals surface area contributed by atoms with E-state index >= 15 is 0 Å². The van der Waals surface area contributed by atoms with Gasteiger partial charge in [-0.2, -0.15) is 0 Å². The van der Waals surface area contributed by atoms with Gasteiger partial charge in [-0.3, -0.25) is 15.7 Å². The molecule has 0 aromatic heterocycles. The molecule has 0 heterocycles. The third kappa shape index (κ3) is 3.28. The maximum atomic E-state index is 5.51. The molecule has 0 aliphatic rings. The average Bonchev–Trinajstić information content (AvgIpc) is 1.62. The van der Waals surface area contributed by atoms with E-state index in [1.807, 2.05) is 25.6 Å². The van der Waals surface area contributed by atoms with Crippen molar-refractivity contribution in [1.29, 1.82) is 0 Å². The maximum absolute atomic E-state index is 5.51. The molecule has 0 saturated carbocycles. The predicted molar refractivity (Wildman–Crippen MR) is 45.6 cm³/mol. The molecule has 0 aliphatic carbocycles. The molecule has 5 heteroatoms. The summed E-state index contributed by atoms with van der Waals surface area (Å²) in [5.74, 6) is 0. The molecular formula is C4H14N3PS. The monoisotopic (exact) mass is 167 g/mol. The van der Waals surface area contributed by atoms with E-state index in [1.165, 1.54) is 0 Å². The van der Waals surface area contributed by atoms with Gasteiger partial charge < -0.3 is 0 Å². The Morgan fingerprint density at radius 2 is 1.78 bits per heavy atom. The fraction of sp³-hybridized carbons (Fsp3) is 1.00. The Labute approximate surface area is 61.6 Å². The second kappa shape index (κ2) is 3.08. The SMILES string of the molecule is CC(C)N(C)P(N)(N)=S. The van der Waals surface area contributed by atoms with Crippen LogP contribution in [0.4, 0.5) is 0 Å². The van der Waals surface area contributed by atoms with Gasteiger partial charge in [0.05, 0.1) is 0 Å². The first-order valence-electron chi connectivity index (χ1n) is 2.76. The second-order valence-electron chi connectivity index (χ2n) is 2.34. The summed E-state index contributed by atoms with van der Waals surface area (Å²) in [6, 6.07) is 0.339. The lowest BCUT2D eigenvalue weighted by molar-refractivity contribution is 0.451. The van der Waals surface area contributed by atoms with Crippen molar-refractivity contribution >= 4 is 18.3 Å². The lowest BCUT2D eigenvalue weighted by atomic mass is 10.4. The Morgan fingerprint density at radius 1 is 1.44 bits per heavy atom. The fourth-order valence-electron chi connectivity index (χ4n) is 0.361. The Hall–Kier alpha value is 0.530. The average molecular weight is 167 g/mol. The van der Waals surface area contributed by atoms with Gasteiger partial charge in [-0.05, 0) is 32.7 Å². The maximum Gasteiger partial charge on any atom is 0.135 e. The molecule has 0 saturated heterocycles. The molecule has 0 aromatic rings. The van der Waals surface area contributed by atoms with Gasteiger partial charge in [0.15, 0.2) is 0 Å². The number of hydrogen-bond acceptors (Lipinski definition) is 1. The summed E-state index contributed by atoms with van der Waals surface area (Å²) in [6.07, 6.45) is 0. The van der Waals surface area contributed by atoms with Crippen LogP contribution in [-0.4, -0.2) is 17.8 Å². The van der Waals surface area contributed by atoms with Gasteiger partial charge in [0.25, 0.3) is 0 Å². The van der Waals surface area contributed by atoms with Crippen LogP contribution >= 0.6 is 6.49 Å². The molecular weight excluding hydrogens is 153 g/mol. The first-order valence-corrected chi connectivity index (χ1v) is 5.65. The van der Waals surface area contributed by atoms with Gasteiger partial charge in [-0.15, -0.1) is 0 Å². The van der Waals surface area contributed by atoms with Crippen LogP contribution in [0.5, 0.6) is 0 Å². The van der Waals surface area contributed by atoms with Gasteiger partial charge in [-0.1, -0.05) is 0 Å². The Kier molecular flexibility index (Phi) is 3.26. The van der Waals surface area contributed by atoms with Crippen LogP contribution in [-0.2, 0) is 11.8 Å². The molecule has 56 valence electrons. The number of nitrogens with zero attached hydrogens (tertiary/aromatic N) is 1. The van der Waals surface area contributed by atoms with E-state index in [0.717, 1.165) is 0 Å². The molecule has 0 unspecified atom stereocenters. The minimum absolute atomic E-state index is 0.339. The van der Waals surface area contributed by atoms with Crippen molar-refractivity contribution in [3.05, 3.63) is 0 Å². The van der Waals surface area contributed by atoms with Crippen LogP contribution in [0, 0.1) is 0 Å². The van der Waals surface area contributed by atoms with Crippen molar-refractivity contribution in [1.82, 2.24) is 4.67 Å². The molecule has 0 amide bonds. The zero-order valence-electron chi connectivity index (χ0n) is 6.03. The van der Waals surface area contributed by atoms with E-state index in [0.29, 0.717) is 6.04 Å². The van der Waals surface area contributed by atoms with Crippen molar-refractivity contribution in [2.45, 2.75) is 19.9 Å². The molecule has 0 aliphatic heterocycles. The summed E-state index contributed by atoms with van der Waals surface area (Å²) < 4.78 is 1.84. The normalized spacial score (nSPS) is 13.2. The molecule has 0 aromatic carbocycles. The second-order valence-corrected chi connectivity index (χ2v) is 6.07. The lowest BCUT2D eigenvalue weighted by Crippen LogP contribution is -2.30. The molecule has 0 fully saturated rings. The van der Waals surface area contributed by atoms with E-state index in [4.69, 9.17) is 22.8 Å². The van der Waals surface area contributed by atoms with Crippen LogP contribution in [0.25, 0.3) is 0 Å². The quantitative estimate of drug-likeness (QED) is 0.587. The van der Waals surface area contributed by atoms with Gasteiger partial charge in [0.1, 0.15) is 6.49 Å². The summed E-state index contributed by atoms with van der Waals surface area (Å²) >= 11 is 4.88. The van der Waals surface area contributed by atoms with E-state index in [-0.39, 0.29) is 0 Å². The molecule has 0 atom stereocenters. The molecule has 3 nitrogen and oxygen atoms in total. The Bertz CT molecular complexity index is 130. The fourth-order valence-corrected chi connectivity index (χ4v) is 1.65. The lowest BCUT2D eigenvalue weighted by Gasteiger charge is -2.27. The summed E-state index contributed by atoms with van der Waals surface area (Å²) in [6.45, 7) is 1.88. The minimum atomic E-state index is -2.15. The van der Waals surface area contributed by atoms with Crippen molar-refractivity contribution in [3.63, 3.8) is 0 Å². The number of rotatable bonds is 2. The smallest absolute Gasteiger partial charge is 0.135 e. The Morgan fingerprint density at radius 3 is 1.78 bits per heavy atom. The summed E-state index contributed by atoms with van der Waals surface area (Å²) in [5.41, 5.74) is 11.0. The van der Waals surface area contributed by atoms with Crippen LogP contribution < -0.4 is 11.0 Å². The molecule has 0 bridgehead atoms. The molecule has 9 heavy (non-hydrogen) atoms. The summed E-state index contributed by atoms with van der Waals surface area (Å²) in [7, 11) is 1.85. The third-order valence-corrected chi connectivity index (χ3v) is 3.46. The van der Waals surface area contributed by atoms with Gasteiger partial charge >= 0.3 is 0 Å². The van der Waals surface area contributed by atoms with Crippen LogP contribution in [0.3, 0.4) is 0 Å². The van der Waals surface area contributed by atoms with Gasteiger partial charge in [0, 0.05) is 6.04 Å². The molecule has 0 radical (unpaired) electrons. The van der Waals surface area contributed by atoms with Crippen LogP contribution in [0.2, 0.25) is 0 Å². The van der Waals surface area contributed by atoms with E-state index < -0.39 is 6.49 Å². The largest absolute Gasteiger partial charge is 0.279 e. The minimum Gasteiger partial charge on any atom is -0.279 e. The number of nitrogens with two attached hydrogens (primary N) is 2. The first-order chi connectivity index (χ1) is 3.85. The molecule has 0 rings (SSSR count). The van der Waals surface area contributed by atoms with Crippen molar-refractivity contribution in [2.24, 2.45) is 11.0 Å². The summed E-state index contributed by atoms with van der Waals surface area (Å²) in [4.78, 5) is 0.